The van der Waals surface area contributed by atoms with Crippen molar-refractivity contribution < 1.29 is 23.9 Å². The number of aryl methyl sites for hydroxylation is 1. The third-order valence-corrected chi connectivity index (χ3v) is 6.22. The largest absolute Gasteiger partial charge is 0.453 e. The number of allylic oxidation sites excluding steroid dienone is 1. The van der Waals surface area contributed by atoms with Gasteiger partial charge < -0.3 is 19.8 Å². The van der Waals surface area contributed by atoms with Crippen LogP contribution in [0.15, 0.2) is 61.1 Å². The number of methoxy groups -OCH3 is 1. The van der Waals surface area contributed by atoms with Gasteiger partial charge in [-0.15, -0.1) is 5.10 Å². The number of rotatable bonds is 5. The number of carbonyl (C=O) groups is 3. The van der Waals surface area contributed by atoms with Crippen LogP contribution in [0.1, 0.15) is 17.8 Å². The van der Waals surface area contributed by atoms with Gasteiger partial charge in [0.25, 0.3) is 0 Å². The number of carbonyl (C=O) groups excluding carboxylic acids is 3. The number of imidazole rings is 1. The summed E-state index contributed by atoms with van der Waals surface area (Å²) in [6.07, 6.45) is 9.32. The number of aromatic amines is 1. The highest BCUT2D eigenvalue weighted by atomic mass is 35.5. The van der Waals surface area contributed by atoms with E-state index in [4.69, 9.17) is 21.1 Å². The highest BCUT2D eigenvalue weighted by molar-refractivity contribution is 6.30. The molecule has 5 rings (SSSR count). The number of H-pyrrole nitrogens is 1. The summed E-state index contributed by atoms with van der Waals surface area (Å²) in [5.41, 5.74) is 2.83. The van der Waals surface area contributed by atoms with Crippen molar-refractivity contribution in [3.8, 4) is 16.9 Å². The lowest BCUT2D eigenvalue weighted by Gasteiger charge is -2.17. The van der Waals surface area contributed by atoms with Crippen LogP contribution >= 0.6 is 11.6 Å². The fourth-order valence-electron chi connectivity index (χ4n) is 4.14. The fraction of sp³-hybridized carbons (Fsp3) is 0.148. The van der Waals surface area contributed by atoms with Gasteiger partial charge in [0.05, 0.1) is 36.1 Å². The van der Waals surface area contributed by atoms with Crippen molar-refractivity contribution in [3.05, 3.63) is 77.5 Å². The molecular weight excluding hydrogens is 566 g/mol. The maximum Gasteiger partial charge on any atom is 0.411 e. The molecule has 4 N–H and O–H groups in total. The molecule has 214 valence electrons. The topological polar surface area (TPSA) is 178 Å². The second-order valence-electron chi connectivity index (χ2n) is 8.82. The number of halogens is 1. The molecular formula is C27H24ClN9O5. The Kier molecular flexibility index (Phi) is 8.53. The van der Waals surface area contributed by atoms with Crippen LogP contribution in [0.3, 0.4) is 0 Å². The Balaban J connectivity index is 1.53. The molecule has 0 radical (unpaired) electrons. The Bertz CT molecular complexity index is 1680. The zero-order chi connectivity index (χ0) is 29.5. The average Bonchev–Trinajstić information content (AvgIpc) is 3.66. The van der Waals surface area contributed by atoms with E-state index in [0.717, 1.165) is 0 Å². The predicted octanol–water partition coefficient (Wildman–Crippen LogP) is 4.59. The Labute approximate surface area is 243 Å². The summed E-state index contributed by atoms with van der Waals surface area (Å²) in [4.78, 5) is 45.6. The van der Waals surface area contributed by atoms with E-state index in [1.807, 2.05) is 6.08 Å². The maximum absolute atomic E-state index is 13.3. The quantitative estimate of drug-likeness (QED) is 0.191. The van der Waals surface area contributed by atoms with Gasteiger partial charge in [-0.1, -0.05) is 23.8 Å². The Morgan fingerprint density at radius 3 is 2.88 bits per heavy atom. The van der Waals surface area contributed by atoms with Gasteiger partial charge >= 0.3 is 12.2 Å². The smallest absolute Gasteiger partial charge is 0.411 e. The minimum absolute atomic E-state index is 0.0639. The highest BCUT2D eigenvalue weighted by Crippen LogP contribution is 2.38. The average molecular weight is 590 g/mol. The molecule has 3 heterocycles. The Morgan fingerprint density at radius 2 is 2.07 bits per heavy atom. The van der Waals surface area contributed by atoms with E-state index >= 15 is 0 Å². The van der Waals surface area contributed by atoms with Crippen molar-refractivity contribution in [1.82, 2.24) is 30.2 Å². The molecule has 1 aliphatic rings. The Morgan fingerprint density at radius 1 is 1.19 bits per heavy atom. The summed E-state index contributed by atoms with van der Waals surface area (Å²) in [6.45, 7) is 0.0639. The number of fused-ring (bicyclic) bond motifs is 4. The summed E-state index contributed by atoms with van der Waals surface area (Å²) < 4.78 is 11.4. The van der Waals surface area contributed by atoms with E-state index in [1.54, 1.807) is 36.5 Å². The van der Waals surface area contributed by atoms with Gasteiger partial charge in [0, 0.05) is 34.3 Å². The van der Waals surface area contributed by atoms with Crippen LogP contribution in [0.2, 0.25) is 5.02 Å². The fourth-order valence-corrected chi connectivity index (χ4v) is 4.32. The van der Waals surface area contributed by atoms with Gasteiger partial charge in [0.15, 0.2) is 0 Å². The van der Waals surface area contributed by atoms with Crippen LogP contribution in [0, 0.1) is 0 Å². The van der Waals surface area contributed by atoms with E-state index in [1.165, 1.54) is 36.3 Å². The van der Waals surface area contributed by atoms with Crippen LogP contribution in [-0.4, -0.2) is 62.0 Å². The first-order valence-electron chi connectivity index (χ1n) is 12.6. The molecule has 15 heteroatoms. The van der Waals surface area contributed by atoms with Crippen LogP contribution in [0.5, 0.6) is 0 Å². The molecule has 0 fully saturated rings. The lowest BCUT2D eigenvalue weighted by atomic mass is 10.1. The van der Waals surface area contributed by atoms with E-state index in [9.17, 15) is 14.4 Å². The third kappa shape index (κ3) is 6.79. The SMILES string of the molecule is COC(=O)Nc1cc(NC(=O)C=Cc2cc(Cl)ccc2-n2cnnn2)c2c(c1)NC(=O)OCC=CCCc1ncc-2[nH]1. The number of nitrogens with zero attached hydrogens (tertiary/aromatic N) is 5. The van der Waals surface area contributed by atoms with E-state index in [2.05, 4.69) is 41.4 Å². The zero-order valence-electron chi connectivity index (χ0n) is 22.1. The first-order valence-corrected chi connectivity index (χ1v) is 13.0. The van der Waals surface area contributed by atoms with E-state index in [0.29, 0.717) is 46.2 Å². The molecule has 0 atom stereocenters. The molecule has 0 aliphatic carbocycles. The summed E-state index contributed by atoms with van der Waals surface area (Å²) in [5, 5.41) is 19.7. The van der Waals surface area contributed by atoms with Crippen molar-refractivity contribution in [3.63, 3.8) is 0 Å². The van der Waals surface area contributed by atoms with Gasteiger partial charge in [-0.25, -0.2) is 14.6 Å². The lowest BCUT2D eigenvalue weighted by Crippen LogP contribution is -2.17. The highest BCUT2D eigenvalue weighted by Gasteiger charge is 2.20. The number of cyclic esters (lactones) is 1. The number of anilines is 3. The predicted molar refractivity (Wildman–Crippen MR) is 154 cm³/mol. The van der Waals surface area contributed by atoms with Crippen LogP contribution in [0.25, 0.3) is 23.0 Å². The van der Waals surface area contributed by atoms with Gasteiger partial charge in [0.1, 0.15) is 18.8 Å². The third-order valence-electron chi connectivity index (χ3n) is 5.99. The number of benzene rings is 2. The molecule has 1 aliphatic heterocycles. The standard InChI is InChI=1S/C27H24ClN9O5/c1-41-26(39)31-18-12-19(33-24(38)9-6-16-11-17(28)7-8-22(16)37-15-30-35-36-37)25-20(13-18)34-27(40)42-10-4-2-3-5-23-29-14-21(25)32-23/h2,4,6-9,11-15H,3,5,10H2,1H3,(H,29,32)(H,31,39)(H,33,38)(H,34,40). The monoisotopic (exact) mass is 589 g/mol. The maximum atomic E-state index is 13.3. The first kappa shape index (κ1) is 28.0. The van der Waals surface area contributed by atoms with Crippen LogP contribution < -0.4 is 16.0 Å². The van der Waals surface area contributed by atoms with Crippen molar-refractivity contribution >= 4 is 52.8 Å². The molecule has 0 spiro atoms. The summed E-state index contributed by atoms with van der Waals surface area (Å²) in [5.74, 6) is 0.182. The second kappa shape index (κ2) is 12.8. The molecule has 4 aromatic rings. The lowest BCUT2D eigenvalue weighted by molar-refractivity contribution is -0.111. The van der Waals surface area contributed by atoms with Gasteiger partial charge in [-0.3, -0.25) is 15.4 Å². The summed E-state index contributed by atoms with van der Waals surface area (Å²) in [7, 11) is 1.22. The number of nitrogens with one attached hydrogen (secondary N) is 4. The molecule has 14 nitrogen and oxygen atoms in total. The van der Waals surface area contributed by atoms with Gasteiger partial charge in [-0.05, 0) is 53.3 Å². The molecule has 0 saturated heterocycles. The van der Waals surface area contributed by atoms with Crippen molar-refractivity contribution in [2.75, 3.05) is 29.7 Å². The number of hydrogen-bond donors (Lipinski definition) is 4. The van der Waals surface area contributed by atoms with Crippen LogP contribution in [0.4, 0.5) is 26.7 Å². The van der Waals surface area contributed by atoms with Crippen molar-refractivity contribution in [1.29, 1.82) is 0 Å². The molecule has 3 amide bonds. The number of amides is 3. The summed E-state index contributed by atoms with van der Waals surface area (Å²) in [6, 6.07) is 8.10. The first-order chi connectivity index (χ1) is 20.4. The Hall–Kier alpha value is -5.50. The van der Waals surface area contributed by atoms with E-state index < -0.39 is 18.1 Å². The molecule has 2 bridgehead atoms. The number of ether oxygens (including phenoxy) is 2. The van der Waals surface area contributed by atoms with Crippen molar-refractivity contribution in [2.45, 2.75) is 12.8 Å². The normalized spacial score (nSPS) is 13.1. The number of tetrazole rings is 1. The van der Waals surface area contributed by atoms with E-state index in [-0.39, 0.29) is 23.7 Å². The molecule has 2 aromatic carbocycles. The van der Waals surface area contributed by atoms with Gasteiger partial charge in [0.2, 0.25) is 5.91 Å². The second-order valence-corrected chi connectivity index (χ2v) is 9.26. The van der Waals surface area contributed by atoms with Crippen molar-refractivity contribution in [2.24, 2.45) is 0 Å². The summed E-state index contributed by atoms with van der Waals surface area (Å²) >= 11 is 6.19. The molecule has 0 saturated carbocycles. The number of aromatic nitrogens is 6. The molecule has 0 unspecified atom stereocenters. The minimum Gasteiger partial charge on any atom is -0.453 e. The van der Waals surface area contributed by atoms with Crippen LogP contribution in [-0.2, 0) is 20.7 Å². The zero-order valence-corrected chi connectivity index (χ0v) is 22.9. The molecule has 42 heavy (non-hydrogen) atoms. The van der Waals surface area contributed by atoms with Gasteiger partial charge in [-0.2, -0.15) is 4.68 Å². The molecule has 2 aromatic heterocycles. The number of hydrogen-bond acceptors (Lipinski definition) is 9. The minimum atomic E-state index is -0.746.